The molecular formula is C30H32ClN3O8. The van der Waals surface area contributed by atoms with E-state index in [0.717, 1.165) is 16.5 Å². The zero-order chi connectivity index (χ0) is 30.6. The largest absolute Gasteiger partial charge is 0.514 e. The van der Waals surface area contributed by atoms with E-state index < -0.39 is 35.3 Å². The summed E-state index contributed by atoms with van der Waals surface area (Å²) in [5.74, 6) is -1.21. The van der Waals surface area contributed by atoms with Gasteiger partial charge in [-0.25, -0.2) is 19.4 Å². The maximum Gasteiger partial charge on any atom is 0.514 e. The molecular weight excluding hydrogens is 566 g/mol. The summed E-state index contributed by atoms with van der Waals surface area (Å²) < 4.78 is 23.4. The Morgan fingerprint density at radius 3 is 2.57 bits per heavy atom. The van der Waals surface area contributed by atoms with E-state index in [2.05, 4.69) is 4.84 Å². The molecule has 0 fully saturated rings. The number of halogens is 1. The Balaban J connectivity index is 1.63. The average molecular weight is 598 g/mol. The van der Waals surface area contributed by atoms with E-state index in [1.165, 1.54) is 6.92 Å². The second-order valence-corrected chi connectivity index (χ2v) is 11.6. The number of aryl methyl sites for hydroxylation is 1. The molecule has 0 aliphatic carbocycles. The van der Waals surface area contributed by atoms with Crippen LogP contribution in [0.3, 0.4) is 0 Å². The lowest BCUT2D eigenvalue weighted by Crippen LogP contribution is -2.49. The van der Waals surface area contributed by atoms with E-state index in [9.17, 15) is 19.2 Å². The van der Waals surface area contributed by atoms with E-state index in [-0.39, 0.29) is 36.3 Å². The Labute approximate surface area is 247 Å². The van der Waals surface area contributed by atoms with Crippen LogP contribution in [0.4, 0.5) is 4.79 Å². The van der Waals surface area contributed by atoms with E-state index >= 15 is 0 Å². The number of carbonyl (C=O) groups is 3. The third-order valence-electron chi connectivity index (χ3n) is 7.48. The van der Waals surface area contributed by atoms with Gasteiger partial charge < -0.3 is 23.5 Å². The lowest BCUT2D eigenvalue weighted by molar-refractivity contribution is -0.190. The summed E-state index contributed by atoms with van der Waals surface area (Å²) in [6, 6.07) is 5.90. The number of nitrogens with zero attached hydrogens (tertiary/aromatic N) is 2. The van der Waals surface area contributed by atoms with Crippen molar-refractivity contribution in [3.63, 3.8) is 0 Å². The van der Waals surface area contributed by atoms with Gasteiger partial charge in [-0.1, -0.05) is 13.8 Å². The van der Waals surface area contributed by atoms with Crippen LogP contribution in [0.25, 0.3) is 22.3 Å². The molecule has 5 rings (SSSR count). The van der Waals surface area contributed by atoms with Crippen LogP contribution in [0.5, 0.6) is 5.75 Å². The van der Waals surface area contributed by atoms with E-state index in [1.54, 1.807) is 56.5 Å². The van der Waals surface area contributed by atoms with Gasteiger partial charge in [0.15, 0.2) is 0 Å². The zero-order valence-electron chi connectivity index (χ0n) is 24.3. The first kappa shape index (κ1) is 29.5. The van der Waals surface area contributed by atoms with Gasteiger partial charge in [-0.05, 0) is 82.1 Å². The highest BCUT2D eigenvalue weighted by Crippen LogP contribution is 2.42. The smallest absolute Gasteiger partial charge is 0.457 e. The number of hydrogen-bond donors (Lipinski definition) is 1. The maximum absolute atomic E-state index is 13.8. The van der Waals surface area contributed by atoms with Crippen molar-refractivity contribution in [1.29, 1.82) is 0 Å². The number of carbonyl (C=O) groups excluding carboxylic acids is 3. The first-order valence-corrected chi connectivity index (χ1v) is 14.1. The van der Waals surface area contributed by atoms with Gasteiger partial charge in [0.1, 0.15) is 24.0 Å². The topological polar surface area (TPSA) is 135 Å². The molecule has 2 atom stereocenters. The van der Waals surface area contributed by atoms with Crippen LogP contribution in [-0.4, -0.2) is 39.3 Å². The van der Waals surface area contributed by atoms with Crippen molar-refractivity contribution in [3.05, 3.63) is 56.9 Å². The van der Waals surface area contributed by atoms with Gasteiger partial charge >= 0.3 is 18.1 Å². The third kappa shape index (κ3) is 4.90. The Hall–Kier alpha value is -3.96. The molecule has 1 aromatic carbocycles. The van der Waals surface area contributed by atoms with Crippen molar-refractivity contribution in [1.82, 2.24) is 14.4 Å². The fourth-order valence-electron chi connectivity index (χ4n) is 5.44. The summed E-state index contributed by atoms with van der Waals surface area (Å²) in [7, 11) is 0. The van der Waals surface area contributed by atoms with Crippen molar-refractivity contribution >= 4 is 40.8 Å². The van der Waals surface area contributed by atoms with Crippen molar-refractivity contribution in [2.45, 2.75) is 84.8 Å². The molecule has 222 valence electrons. The van der Waals surface area contributed by atoms with Gasteiger partial charge in [0, 0.05) is 16.5 Å². The van der Waals surface area contributed by atoms with Gasteiger partial charge in [0.25, 0.3) is 5.56 Å². The van der Waals surface area contributed by atoms with Crippen LogP contribution >= 0.6 is 11.8 Å². The molecule has 0 saturated carbocycles. The third-order valence-corrected chi connectivity index (χ3v) is 7.81. The van der Waals surface area contributed by atoms with Crippen molar-refractivity contribution in [3.8, 4) is 17.1 Å². The van der Waals surface area contributed by atoms with Crippen LogP contribution in [-0.2, 0) is 49.0 Å². The van der Waals surface area contributed by atoms with Crippen LogP contribution in [0.2, 0.25) is 0 Å². The van der Waals surface area contributed by atoms with Crippen molar-refractivity contribution < 1.29 is 33.3 Å². The summed E-state index contributed by atoms with van der Waals surface area (Å²) in [5.41, 5.74) is 1.15. The van der Waals surface area contributed by atoms with E-state index in [4.69, 9.17) is 35.7 Å². The Bertz CT molecular complexity index is 1690. The van der Waals surface area contributed by atoms with Gasteiger partial charge in [0.05, 0.1) is 29.0 Å². The maximum atomic E-state index is 13.8. The molecule has 1 N–H and O–H groups in total. The highest BCUT2D eigenvalue weighted by Gasteiger charge is 2.51. The predicted molar refractivity (Wildman–Crippen MR) is 153 cm³/mol. The van der Waals surface area contributed by atoms with Crippen LogP contribution in [0, 0.1) is 0 Å². The molecule has 0 unspecified atom stereocenters. The number of cyclic esters (lactones) is 1. The molecule has 0 amide bonds. The van der Waals surface area contributed by atoms with E-state index in [1.807, 2.05) is 6.92 Å². The molecule has 0 spiro atoms. The zero-order valence-corrected chi connectivity index (χ0v) is 25.0. The van der Waals surface area contributed by atoms with Crippen LogP contribution in [0.15, 0.2) is 29.1 Å². The second-order valence-electron chi connectivity index (χ2n) is 11.3. The number of ether oxygens (including phenoxy) is 4. The summed E-state index contributed by atoms with van der Waals surface area (Å²) in [4.78, 5) is 59.2. The number of aromatic nitrogens is 2. The molecule has 2 aromatic heterocycles. The van der Waals surface area contributed by atoms with Gasteiger partial charge in [0.2, 0.25) is 5.60 Å². The lowest BCUT2D eigenvalue weighted by atomic mass is 9.85. The molecule has 42 heavy (non-hydrogen) atoms. The molecule has 0 radical (unpaired) electrons. The molecule has 4 heterocycles. The minimum absolute atomic E-state index is 0.0428. The van der Waals surface area contributed by atoms with Crippen molar-refractivity contribution in [2.24, 2.45) is 0 Å². The summed E-state index contributed by atoms with van der Waals surface area (Å²) in [6.07, 6.45) is -0.158. The second kappa shape index (κ2) is 10.7. The van der Waals surface area contributed by atoms with Crippen LogP contribution in [0.1, 0.15) is 70.2 Å². The Morgan fingerprint density at radius 2 is 1.93 bits per heavy atom. The molecule has 0 bridgehead atoms. The van der Waals surface area contributed by atoms with Crippen molar-refractivity contribution in [2.75, 3.05) is 0 Å². The Kier molecular flexibility index (Phi) is 7.53. The minimum atomic E-state index is -1.82. The number of benzene rings is 1. The van der Waals surface area contributed by atoms with E-state index in [0.29, 0.717) is 29.1 Å². The molecule has 3 aromatic rings. The van der Waals surface area contributed by atoms with Gasteiger partial charge in [-0.3, -0.25) is 9.59 Å². The highest BCUT2D eigenvalue weighted by molar-refractivity contribution is 6.14. The molecule has 2 aliphatic rings. The number of esters is 2. The minimum Gasteiger partial charge on any atom is -0.457 e. The van der Waals surface area contributed by atoms with Gasteiger partial charge in [-0.15, -0.1) is 0 Å². The molecule has 12 heteroatoms. The predicted octanol–water partition coefficient (Wildman–Crippen LogP) is 4.64. The van der Waals surface area contributed by atoms with Gasteiger partial charge in [-0.2, -0.15) is 0 Å². The number of rotatable bonds is 6. The lowest BCUT2D eigenvalue weighted by Gasteiger charge is -2.36. The summed E-state index contributed by atoms with van der Waals surface area (Å²) in [6.45, 7) is 10.4. The molecule has 0 saturated heterocycles. The number of fused-ring (bicyclic) bond motifs is 5. The van der Waals surface area contributed by atoms with Crippen LogP contribution < -0.4 is 15.1 Å². The standard InChI is InChI=1S/C30H32ClN3O8/c1-7-17-18-11-16(40-28(38)42-29(4,5)6)9-10-22(18)32-24-19(17)13-34-23(24)12-21-20(25(34)35)14-39-27(37)30(21,8-2)41-26(36)15(3)33-31/h9-12,15,33H,7-8,13-14H2,1-6H3/t15-,30-/m0/s1. The quantitative estimate of drug-likeness (QED) is 0.145. The fourth-order valence-corrected chi connectivity index (χ4v) is 5.53. The highest BCUT2D eigenvalue weighted by atomic mass is 35.5. The fraction of sp³-hybridized carbons (Fsp3) is 0.433. The molecule has 2 aliphatic heterocycles. The number of hydrogen-bond acceptors (Lipinski definition) is 10. The number of nitrogens with one attached hydrogen (secondary N) is 1. The summed E-state index contributed by atoms with van der Waals surface area (Å²) in [5, 5.41) is 0.779. The first-order chi connectivity index (χ1) is 19.8. The number of pyridine rings is 2. The normalized spacial score (nSPS) is 18.0. The Morgan fingerprint density at radius 1 is 1.19 bits per heavy atom. The summed E-state index contributed by atoms with van der Waals surface area (Å²) >= 11 is 5.62. The monoisotopic (exact) mass is 597 g/mol. The molecule has 11 nitrogen and oxygen atoms in total. The average Bonchev–Trinajstić information content (AvgIpc) is 3.30. The SMILES string of the molecule is CCc1c2c(nc3ccc(OC(=O)OC(C)(C)C)cc13)-c1cc3c(c(=O)n1C2)COC(=O)[C@@]3(CC)OC(=O)[C@H](C)NCl. The first-order valence-electron chi connectivity index (χ1n) is 13.7.